The molecule has 0 heterocycles. The predicted molar refractivity (Wildman–Crippen MR) is 175 cm³/mol. The predicted octanol–water partition coefficient (Wildman–Crippen LogP) is 8.29. The molecule has 252 valence electrons. The van der Waals surface area contributed by atoms with Crippen LogP contribution in [0.5, 0.6) is 0 Å². The molecular formula is C33H70N2O6P+. The van der Waals surface area contributed by atoms with Gasteiger partial charge in [-0.3, -0.25) is 13.8 Å². The number of unbranched alkanes of at least 4 members (excludes halogenated alkanes) is 18. The van der Waals surface area contributed by atoms with Crippen LogP contribution in [0.4, 0.5) is 0 Å². The topological polar surface area (TPSA) is 105 Å². The second kappa shape index (κ2) is 26.9. The van der Waals surface area contributed by atoms with E-state index in [4.69, 9.17) is 9.05 Å². The van der Waals surface area contributed by atoms with Gasteiger partial charge in [0.25, 0.3) is 0 Å². The molecule has 42 heavy (non-hydrogen) atoms. The Balaban J connectivity index is 4.51. The molecule has 0 saturated carbocycles. The van der Waals surface area contributed by atoms with Gasteiger partial charge in [0.15, 0.2) is 0 Å². The first-order valence-corrected chi connectivity index (χ1v) is 18.9. The lowest BCUT2D eigenvalue weighted by Gasteiger charge is -2.26. The first kappa shape index (κ1) is 41.5. The Morgan fingerprint density at radius 3 is 1.60 bits per heavy atom. The number of amides is 1. The minimum atomic E-state index is -4.29. The average Bonchev–Trinajstić information content (AvgIpc) is 2.92. The molecule has 3 N–H and O–H groups in total. The molecule has 0 radical (unpaired) electrons. The monoisotopic (exact) mass is 621 g/mol. The Kier molecular flexibility index (Phi) is 26.5. The molecule has 0 aromatic rings. The molecule has 0 aromatic carbocycles. The summed E-state index contributed by atoms with van der Waals surface area (Å²) >= 11 is 0. The van der Waals surface area contributed by atoms with Crippen molar-refractivity contribution in [3.05, 3.63) is 0 Å². The highest BCUT2D eigenvalue weighted by molar-refractivity contribution is 7.47. The minimum Gasteiger partial charge on any atom is -0.391 e. The van der Waals surface area contributed by atoms with Gasteiger partial charge in [0.1, 0.15) is 13.2 Å². The van der Waals surface area contributed by atoms with Gasteiger partial charge >= 0.3 is 7.82 Å². The van der Waals surface area contributed by atoms with Crippen LogP contribution >= 0.6 is 7.82 Å². The second-order valence-electron chi connectivity index (χ2n) is 13.3. The number of quaternary nitrogens is 1. The van der Waals surface area contributed by atoms with Crippen LogP contribution in [-0.2, 0) is 18.4 Å². The van der Waals surface area contributed by atoms with Crippen LogP contribution in [0.1, 0.15) is 155 Å². The Labute approximate surface area is 259 Å². The van der Waals surface area contributed by atoms with Gasteiger partial charge in [-0.05, 0) is 12.8 Å². The molecule has 0 aliphatic rings. The fraction of sp³-hybridized carbons (Fsp3) is 0.970. The van der Waals surface area contributed by atoms with E-state index in [1.54, 1.807) is 0 Å². The van der Waals surface area contributed by atoms with Crippen molar-refractivity contribution in [2.75, 3.05) is 40.9 Å². The maximum absolute atomic E-state index is 12.7. The molecule has 0 aliphatic carbocycles. The fourth-order valence-electron chi connectivity index (χ4n) is 4.98. The van der Waals surface area contributed by atoms with Gasteiger partial charge in [-0.25, -0.2) is 4.57 Å². The smallest absolute Gasteiger partial charge is 0.391 e. The van der Waals surface area contributed by atoms with E-state index in [2.05, 4.69) is 19.2 Å². The molecule has 0 aliphatic heterocycles. The number of rotatable bonds is 31. The van der Waals surface area contributed by atoms with E-state index < -0.39 is 20.0 Å². The zero-order valence-electron chi connectivity index (χ0n) is 28.3. The Morgan fingerprint density at radius 2 is 1.14 bits per heavy atom. The number of nitrogens with zero attached hydrogens (tertiary/aromatic N) is 1. The number of carbonyl (C=O) groups is 1. The molecule has 0 spiro atoms. The summed E-state index contributed by atoms with van der Waals surface area (Å²) in [6.45, 7) is 4.83. The summed E-state index contributed by atoms with van der Waals surface area (Å²) in [5.41, 5.74) is 0. The lowest BCUT2D eigenvalue weighted by Crippen LogP contribution is -2.46. The molecule has 1 amide bonds. The summed E-state index contributed by atoms with van der Waals surface area (Å²) in [5.74, 6) is -0.151. The van der Waals surface area contributed by atoms with Gasteiger partial charge in [0.2, 0.25) is 5.91 Å². The lowest BCUT2D eigenvalue weighted by molar-refractivity contribution is -0.870. The van der Waals surface area contributed by atoms with Gasteiger partial charge in [-0.2, -0.15) is 0 Å². The molecular weight excluding hydrogens is 551 g/mol. The third-order valence-corrected chi connectivity index (χ3v) is 8.84. The first-order valence-electron chi connectivity index (χ1n) is 17.4. The summed E-state index contributed by atoms with van der Waals surface area (Å²) in [6, 6.07) is -0.748. The molecule has 0 bridgehead atoms. The van der Waals surface area contributed by atoms with Crippen molar-refractivity contribution in [2.24, 2.45) is 0 Å². The van der Waals surface area contributed by atoms with E-state index in [-0.39, 0.29) is 19.1 Å². The van der Waals surface area contributed by atoms with E-state index in [0.29, 0.717) is 23.9 Å². The van der Waals surface area contributed by atoms with Crippen molar-refractivity contribution >= 4 is 13.7 Å². The van der Waals surface area contributed by atoms with E-state index in [1.165, 1.54) is 89.9 Å². The van der Waals surface area contributed by atoms with Gasteiger partial charge in [0, 0.05) is 6.42 Å². The summed E-state index contributed by atoms with van der Waals surface area (Å²) in [7, 11) is 1.62. The Morgan fingerprint density at radius 1 is 0.714 bits per heavy atom. The highest BCUT2D eigenvalue weighted by atomic mass is 31.2. The van der Waals surface area contributed by atoms with Crippen LogP contribution in [0.2, 0.25) is 0 Å². The third-order valence-electron chi connectivity index (χ3n) is 7.86. The number of phosphoric acid groups is 1. The number of aliphatic hydroxyl groups excluding tert-OH is 1. The molecule has 8 nitrogen and oxygen atoms in total. The second-order valence-corrected chi connectivity index (χ2v) is 14.7. The normalized spacial score (nSPS) is 14.9. The molecule has 3 atom stereocenters. The summed E-state index contributed by atoms with van der Waals surface area (Å²) in [6.07, 6.45) is 24.1. The van der Waals surface area contributed by atoms with Crippen molar-refractivity contribution in [3.8, 4) is 0 Å². The number of phosphoric ester groups is 1. The summed E-state index contributed by atoms with van der Waals surface area (Å²) < 4.78 is 23.4. The maximum atomic E-state index is 12.7. The van der Waals surface area contributed by atoms with Crippen LogP contribution in [-0.4, -0.2) is 73.4 Å². The van der Waals surface area contributed by atoms with Crippen molar-refractivity contribution in [3.63, 3.8) is 0 Å². The number of nitrogens with one attached hydrogen (secondary N) is 1. The van der Waals surface area contributed by atoms with Gasteiger partial charge in [-0.1, -0.05) is 136 Å². The summed E-state index contributed by atoms with van der Waals surface area (Å²) in [4.78, 5) is 22.8. The molecule has 9 heteroatoms. The average molecular weight is 622 g/mol. The van der Waals surface area contributed by atoms with Crippen molar-refractivity contribution < 1.29 is 32.9 Å². The first-order chi connectivity index (χ1) is 20.0. The van der Waals surface area contributed by atoms with Crippen LogP contribution in [0.15, 0.2) is 0 Å². The number of hydrogen-bond acceptors (Lipinski definition) is 5. The number of likely N-dealkylation sites (N-methyl/N-ethyl adjacent to an activating group) is 1. The molecule has 0 fully saturated rings. The largest absolute Gasteiger partial charge is 0.472 e. The van der Waals surface area contributed by atoms with E-state index >= 15 is 0 Å². The Bertz CT molecular complexity index is 673. The molecule has 0 rings (SSSR count). The van der Waals surface area contributed by atoms with Crippen LogP contribution in [0.3, 0.4) is 0 Å². The van der Waals surface area contributed by atoms with Gasteiger partial charge in [-0.15, -0.1) is 0 Å². The third kappa shape index (κ3) is 28.3. The highest BCUT2D eigenvalue weighted by Gasteiger charge is 2.28. The van der Waals surface area contributed by atoms with Crippen molar-refractivity contribution in [1.82, 2.24) is 5.32 Å². The number of carbonyl (C=O) groups excluding carboxylic acids is 1. The highest BCUT2D eigenvalue weighted by Crippen LogP contribution is 2.43. The van der Waals surface area contributed by atoms with Crippen LogP contribution in [0, 0.1) is 0 Å². The quantitative estimate of drug-likeness (QED) is 0.0409. The van der Waals surface area contributed by atoms with Gasteiger partial charge < -0.3 is 19.8 Å². The standard InChI is InChI=1S/C33H69N2O6P/c1-6-8-10-12-14-16-17-18-19-20-22-24-26-32(36)31(30-41-42(38,39)40-29-28-35(3,4)5)34-33(37)27-25-23-21-15-13-11-9-7-2/h31-32,36H,6-30H2,1-5H3,(H-,34,37,38,39)/p+1. The Hall–Kier alpha value is -0.500. The zero-order chi connectivity index (χ0) is 31.5. The molecule has 3 unspecified atom stereocenters. The molecule has 0 aromatic heterocycles. The molecule has 0 saturated heterocycles. The van der Waals surface area contributed by atoms with Crippen molar-refractivity contribution in [2.45, 2.75) is 167 Å². The van der Waals surface area contributed by atoms with Gasteiger partial charge in [0.05, 0.1) is 39.9 Å². The van der Waals surface area contributed by atoms with E-state index in [0.717, 1.165) is 38.5 Å². The fourth-order valence-corrected chi connectivity index (χ4v) is 5.72. The number of hydrogen-bond donors (Lipinski definition) is 3. The maximum Gasteiger partial charge on any atom is 0.472 e. The zero-order valence-corrected chi connectivity index (χ0v) is 29.1. The SMILES string of the molecule is CCCCCCCCCCCCCCC(O)C(COP(=O)(O)OCC[N+](C)(C)C)NC(=O)CCCCCCCCCC. The minimum absolute atomic E-state index is 0.0775. The number of aliphatic hydroxyl groups is 1. The van der Waals surface area contributed by atoms with E-state index in [1.807, 2.05) is 21.1 Å². The van der Waals surface area contributed by atoms with Crippen LogP contribution in [0.25, 0.3) is 0 Å². The van der Waals surface area contributed by atoms with Crippen molar-refractivity contribution in [1.29, 1.82) is 0 Å². The summed E-state index contributed by atoms with van der Waals surface area (Å²) in [5, 5.41) is 13.8. The van der Waals surface area contributed by atoms with Crippen LogP contribution < -0.4 is 5.32 Å². The lowest BCUT2D eigenvalue weighted by atomic mass is 10.0. The van der Waals surface area contributed by atoms with E-state index in [9.17, 15) is 19.4 Å².